The molecular formula is C11H14FNO4. The van der Waals surface area contributed by atoms with Gasteiger partial charge in [-0.3, -0.25) is 4.79 Å². The number of aliphatic hydroxyl groups excluding tert-OH is 2. The summed E-state index contributed by atoms with van der Waals surface area (Å²) in [5.74, 6) is -0.830. The first-order valence-electron chi connectivity index (χ1n) is 5.03. The lowest BCUT2D eigenvalue weighted by atomic mass is 10.2. The van der Waals surface area contributed by atoms with E-state index >= 15 is 0 Å². The predicted molar refractivity (Wildman–Crippen MR) is 59.3 cm³/mol. The topological polar surface area (TPSA) is 78.8 Å². The quantitative estimate of drug-likeness (QED) is 0.519. The Morgan fingerprint density at radius 2 is 2.29 bits per heavy atom. The van der Waals surface area contributed by atoms with E-state index in [-0.39, 0.29) is 18.0 Å². The van der Waals surface area contributed by atoms with Crippen LogP contribution in [0.3, 0.4) is 0 Å². The first-order chi connectivity index (χ1) is 8.02. The van der Waals surface area contributed by atoms with Crippen LogP contribution in [0.15, 0.2) is 18.2 Å². The lowest BCUT2D eigenvalue weighted by molar-refractivity contribution is -0.131. The predicted octanol–water partition coefficient (Wildman–Crippen LogP) is 0.516. The molecule has 1 aromatic carbocycles. The molecule has 0 heterocycles. The minimum Gasteiger partial charge on any atom is -0.427 e. The average molecular weight is 243 g/mol. The Labute approximate surface area is 97.8 Å². The molecule has 0 aliphatic rings. The van der Waals surface area contributed by atoms with E-state index in [0.717, 1.165) is 6.07 Å². The number of hydrogen-bond acceptors (Lipinski definition) is 5. The van der Waals surface area contributed by atoms with Gasteiger partial charge in [0.05, 0.1) is 18.4 Å². The fourth-order valence-electron chi connectivity index (χ4n) is 1.16. The first kappa shape index (κ1) is 13.4. The zero-order chi connectivity index (χ0) is 12.8. The number of hydrogen-bond donors (Lipinski definition) is 3. The number of esters is 1. The molecule has 6 heteroatoms. The van der Waals surface area contributed by atoms with E-state index in [0.29, 0.717) is 0 Å². The van der Waals surface area contributed by atoms with Gasteiger partial charge >= 0.3 is 5.97 Å². The Hall–Kier alpha value is -1.66. The van der Waals surface area contributed by atoms with E-state index in [2.05, 4.69) is 5.32 Å². The van der Waals surface area contributed by atoms with Crippen molar-refractivity contribution in [3.8, 4) is 5.75 Å². The van der Waals surface area contributed by atoms with Crippen molar-refractivity contribution in [2.75, 3.05) is 18.5 Å². The number of rotatable bonds is 5. The van der Waals surface area contributed by atoms with Crippen molar-refractivity contribution in [3.63, 3.8) is 0 Å². The number of carbonyl (C=O) groups is 1. The number of aliphatic hydroxyl groups is 2. The van der Waals surface area contributed by atoms with Crippen LogP contribution in [-0.2, 0) is 4.79 Å². The molecule has 17 heavy (non-hydrogen) atoms. The molecule has 0 amide bonds. The summed E-state index contributed by atoms with van der Waals surface area (Å²) in [5, 5.41) is 20.3. The molecule has 1 aromatic rings. The molecule has 0 bridgehead atoms. The molecule has 0 radical (unpaired) electrons. The largest absolute Gasteiger partial charge is 0.427 e. The molecular weight excluding hydrogens is 229 g/mol. The van der Waals surface area contributed by atoms with E-state index in [1.54, 1.807) is 0 Å². The van der Waals surface area contributed by atoms with Gasteiger partial charge in [0.1, 0.15) is 11.6 Å². The summed E-state index contributed by atoms with van der Waals surface area (Å²) in [6.45, 7) is 0.821. The molecule has 0 aliphatic carbocycles. The maximum Gasteiger partial charge on any atom is 0.308 e. The van der Waals surface area contributed by atoms with Crippen LogP contribution < -0.4 is 10.1 Å². The summed E-state index contributed by atoms with van der Waals surface area (Å²) < 4.78 is 18.1. The Morgan fingerprint density at radius 1 is 1.59 bits per heavy atom. The molecule has 1 rings (SSSR count). The minimum absolute atomic E-state index is 0.00303. The smallest absolute Gasteiger partial charge is 0.308 e. The first-order valence-corrected chi connectivity index (χ1v) is 5.03. The molecule has 5 nitrogen and oxygen atoms in total. The third kappa shape index (κ3) is 4.38. The zero-order valence-electron chi connectivity index (χ0n) is 9.31. The van der Waals surface area contributed by atoms with Gasteiger partial charge in [0.2, 0.25) is 0 Å². The molecule has 1 unspecified atom stereocenters. The second-order valence-electron chi connectivity index (χ2n) is 3.45. The van der Waals surface area contributed by atoms with Crippen LogP contribution in [0, 0.1) is 5.82 Å². The highest BCUT2D eigenvalue weighted by molar-refractivity contribution is 5.69. The Morgan fingerprint density at radius 3 is 2.88 bits per heavy atom. The molecule has 0 aliphatic heterocycles. The van der Waals surface area contributed by atoms with Gasteiger partial charge in [-0.15, -0.1) is 0 Å². The third-order valence-electron chi connectivity index (χ3n) is 1.94. The van der Waals surface area contributed by atoms with Gasteiger partial charge in [-0.25, -0.2) is 4.39 Å². The molecule has 0 fully saturated rings. The van der Waals surface area contributed by atoms with Crippen LogP contribution in [-0.4, -0.2) is 35.4 Å². The maximum atomic E-state index is 13.3. The Kier molecular flexibility index (Phi) is 4.86. The normalized spacial score (nSPS) is 12.0. The van der Waals surface area contributed by atoms with Gasteiger partial charge in [-0.05, 0) is 12.1 Å². The van der Waals surface area contributed by atoms with Crippen molar-refractivity contribution >= 4 is 11.7 Å². The SMILES string of the molecule is CC(=O)Oc1ccc(F)c(NCC(O)CO)c1. The average Bonchev–Trinajstić information content (AvgIpc) is 2.28. The number of halogens is 1. The number of carbonyl (C=O) groups excluding carboxylic acids is 1. The highest BCUT2D eigenvalue weighted by Crippen LogP contribution is 2.21. The molecule has 3 N–H and O–H groups in total. The van der Waals surface area contributed by atoms with Crippen LogP contribution >= 0.6 is 0 Å². The van der Waals surface area contributed by atoms with Gasteiger partial charge in [-0.2, -0.15) is 0 Å². The second kappa shape index (κ2) is 6.17. The highest BCUT2D eigenvalue weighted by atomic mass is 19.1. The van der Waals surface area contributed by atoms with Gasteiger partial charge in [0.15, 0.2) is 0 Å². The van der Waals surface area contributed by atoms with Crippen molar-refractivity contribution < 1.29 is 24.1 Å². The van der Waals surface area contributed by atoms with Crippen LogP contribution in [0.1, 0.15) is 6.92 Å². The number of ether oxygens (including phenoxy) is 1. The number of anilines is 1. The van der Waals surface area contributed by atoms with Gasteiger partial charge < -0.3 is 20.3 Å². The van der Waals surface area contributed by atoms with Crippen molar-refractivity contribution in [2.24, 2.45) is 0 Å². The Balaban J connectivity index is 2.72. The standard InChI is InChI=1S/C11H14FNO4/c1-7(15)17-9-2-3-10(12)11(4-9)13-5-8(16)6-14/h2-4,8,13-14,16H,5-6H2,1H3. The maximum absolute atomic E-state index is 13.3. The molecule has 94 valence electrons. The highest BCUT2D eigenvalue weighted by Gasteiger charge is 2.08. The minimum atomic E-state index is -0.980. The van der Waals surface area contributed by atoms with Crippen LogP contribution in [0.5, 0.6) is 5.75 Å². The summed E-state index contributed by atoms with van der Waals surface area (Å²) in [7, 11) is 0. The van der Waals surface area contributed by atoms with Crippen molar-refractivity contribution in [1.29, 1.82) is 0 Å². The summed E-state index contributed by atoms with van der Waals surface area (Å²) >= 11 is 0. The second-order valence-corrected chi connectivity index (χ2v) is 3.45. The fourth-order valence-corrected chi connectivity index (χ4v) is 1.16. The molecule has 0 saturated carbocycles. The number of nitrogens with one attached hydrogen (secondary N) is 1. The van der Waals surface area contributed by atoms with E-state index in [1.165, 1.54) is 19.1 Å². The molecule has 1 atom stereocenters. The Bertz CT molecular complexity index is 397. The lowest BCUT2D eigenvalue weighted by Crippen LogP contribution is -2.23. The summed E-state index contributed by atoms with van der Waals surface area (Å²) in [6.07, 6.45) is -0.980. The monoisotopic (exact) mass is 243 g/mol. The fraction of sp³-hybridized carbons (Fsp3) is 0.364. The van der Waals surface area contributed by atoms with Crippen LogP contribution in [0.4, 0.5) is 10.1 Å². The third-order valence-corrected chi connectivity index (χ3v) is 1.94. The van der Waals surface area contributed by atoms with E-state index < -0.39 is 24.5 Å². The van der Waals surface area contributed by atoms with Crippen molar-refractivity contribution in [3.05, 3.63) is 24.0 Å². The molecule has 0 aromatic heterocycles. The van der Waals surface area contributed by atoms with E-state index in [1.807, 2.05) is 0 Å². The van der Waals surface area contributed by atoms with Gasteiger partial charge in [0.25, 0.3) is 0 Å². The number of benzene rings is 1. The van der Waals surface area contributed by atoms with Gasteiger partial charge in [0, 0.05) is 19.5 Å². The van der Waals surface area contributed by atoms with Crippen LogP contribution in [0.2, 0.25) is 0 Å². The molecule has 0 saturated heterocycles. The van der Waals surface area contributed by atoms with E-state index in [9.17, 15) is 9.18 Å². The van der Waals surface area contributed by atoms with Crippen molar-refractivity contribution in [1.82, 2.24) is 0 Å². The van der Waals surface area contributed by atoms with E-state index in [4.69, 9.17) is 14.9 Å². The summed E-state index contributed by atoms with van der Waals surface area (Å²) in [5.41, 5.74) is 0.0938. The van der Waals surface area contributed by atoms with Gasteiger partial charge in [-0.1, -0.05) is 0 Å². The summed E-state index contributed by atoms with van der Waals surface area (Å²) in [4.78, 5) is 10.7. The van der Waals surface area contributed by atoms with Crippen molar-refractivity contribution in [2.45, 2.75) is 13.0 Å². The lowest BCUT2D eigenvalue weighted by Gasteiger charge is -2.12. The molecule has 0 spiro atoms. The summed E-state index contributed by atoms with van der Waals surface area (Å²) in [6, 6.07) is 3.77. The zero-order valence-corrected chi connectivity index (χ0v) is 9.31. The van der Waals surface area contributed by atoms with Crippen LogP contribution in [0.25, 0.3) is 0 Å².